The first-order valence-electron chi connectivity index (χ1n) is 10.8. The van der Waals surface area contributed by atoms with E-state index in [0.717, 1.165) is 17.9 Å². The van der Waals surface area contributed by atoms with E-state index in [4.69, 9.17) is 5.10 Å². The highest BCUT2D eigenvalue weighted by Crippen LogP contribution is 2.30. The van der Waals surface area contributed by atoms with Crippen LogP contribution >= 0.6 is 0 Å². The highest BCUT2D eigenvalue weighted by Gasteiger charge is 2.33. The molecule has 2 saturated heterocycles. The number of aromatic nitrogens is 2. The molecule has 0 bridgehead atoms. The lowest BCUT2D eigenvalue weighted by molar-refractivity contribution is 0.0574. The summed E-state index contributed by atoms with van der Waals surface area (Å²) in [6.45, 7) is 7.44. The molecule has 2 aliphatic heterocycles. The predicted molar refractivity (Wildman–Crippen MR) is 112 cm³/mol. The van der Waals surface area contributed by atoms with Crippen LogP contribution in [0.1, 0.15) is 68.1 Å². The van der Waals surface area contributed by atoms with Crippen molar-refractivity contribution in [3.8, 4) is 5.69 Å². The fourth-order valence-corrected chi connectivity index (χ4v) is 4.74. The van der Waals surface area contributed by atoms with Crippen LogP contribution < -0.4 is 5.32 Å². The molecule has 28 heavy (non-hydrogen) atoms. The average molecular weight is 381 g/mol. The SMILES string of the molecule is CC(C)c1cc(C(=O)NC[C@@H]2CCCN3CCCC[C@H]23)n(-c2ccccc2)n1. The van der Waals surface area contributed by atoms with Crippen LogP contribution in [0.5, 0.6) is 0 Å². The Morgan fingerprint density at radius 3 is 2.71 bits per heavy atom. The van der Waals surface area contributed by atoms with Crippen LogP contribution in [0.15, 0.2) is 36.4 Å². The van der Waals surface area contributed by atoms with Crippen molar-refractivity contribution in [2.24, 2.45) is 5.92 Å². The maximum atomic E-state index is 13.1. The number of benzene rings is 1. The average Bonchev–Trinajstić information content (AvgIpc) is 3.18. The third-order valence-electron chi connectivity index (χ3n) is 6.31. The summed E-state index contributed by atoms with van der Waals surface area (Å²) in [5, 5.41) is 7.95. The van der Waals surface area contributed by atoms with Crippen molar-refractivity contribution < 1.29 is 4.79 Å². The van der Waals surface area contributed by atoms with Gasteiger partial charge in [-0.15, -0.1) is 0 Å². The summed E-state index contributed by atoms with van der Waals surface area (Å²) in [4.78, 5) is 15.7. The first kappa shape index (κ1) is 19.2. The molecular weight excluding hydrogens is 348 g/mol. The number of para-hydroxylation sites is 1. The minimum absolute atomic E-state index is 0.0174. The lowest BCUT2D eigenvalue weighted by atomic mass is 9.83. The highest BCUT2D eigenvalue weighted by molar-refractivity contribution is 5.93. The molecule has 0 saturated carbocycles. The van der Waals surface area contributed by atoms with Gasteiger partial charge in [0.2, 0.25) is 0 Å². The van der Waals surface area contributed by atoms with E-state index < -0.39 is 0 Å². The number of rotatable bonds is 5. The second kappa shape index (κ2) is 8.48. The van der Waals surface area contributed by atoms with E-state index in [0.29, 0.717) is 17.7 Å². The van der Waals surface area contributed by atoms with Crippen LogP contribution in [0.25, 0.3) is 5.69 Å². The Labute approximate surface area is 168 Å². The van der Waals surface area contributed by atoms with E-state index in [1.54, 1.807) is 4.68 Å². The second-order valence-corrected chi connectivity index (χ2v) is 8.57. The molecule has 4 rings (SSSR count). The van der Waals surface area contributed by atoms with Gasteiger partial charge in [-0.3, -0.25) is 4.79 Å². The van der Waals surface area contributed by atoms with Gasteiger partial charge in [-0.05, 0) is 68.8 Å². The van der Waals surface area contributed by atoms with Gasteiger partial charge < -0.3 is 10.2 Å². The maximum absolute atomic E-state index is 13.1. The van der Waals surface area contributed by atoms with Crippen LogP contribution in [0.2, 0.25) is 0 Å². The smallest absolute Gasteiger partial charge is 0.270 e. The summed E-state index contributed by atoms with van der Waals surface area (Å²) in [6.07, 6.45) is 6.39. The monoisotopic (exact) mass is 380 g/mol. The Balaban J connectivity index is 1.50. The molecule has 0 aliphatic carbocycles. The lowest BCUT2D eigenvalue weighted by Gasteiger charge is -2.44. The number of fused-ring (bicyclic) bond motifs is 1. The Bertz CT molecular complexity index is 796. The molecule has 3 heterocycles. The highest BCUT2D eigenvalue weighted by atomic mass is 16.2. The third kappa shape index (κ3) is 4.00. The molecule has 2 atom stereocenters. The number of amides is 1. The lowest BCUT2D eigenvalue weighted by Crippen LogP contribution is -2.51. The van der Waals surface area contributed by atoms with Gasteiger partial charge in [0.05, 0.1) is 11.4 Å². The molecule has 1 aromatic carbocycles. The normalized spacial score (nSPS) is 22.8. The van der Waals surface area contributed by atoms with Gasteiger partial charge in [0, 0.05) is 12.6 Å². The summed E-state index contributed by atoms with van der Waals surface area (Å²) in [6, 6.07) is 12.5. The quantitative estimate of drug-likeness (QED) is 0.853. The topological polar surface area (TPSA) is 50.2 Å². The second-order valence-electron chi connectivity index (χ2n) is 8.57. The minimum Gasteiger partial charge on any atom is -0.350 e. The zero-order valence-corrected chi connectivity index (χ0v) is 17.1. The third-order valence-corrected chi connectivity index (χ3v) is 6.31. The van der Waals surface area contributed by atoms with E-state index in [-0.39, 0.29) is 11.8 Å². The Morgan fingerprint density at radius 1 is 1.14 bits per heavy atom. The van der Waals surface area contributed by atoms with Gasteiger partial charge >= 0.3 is 0 Å². The summed E-state index contributed by atoms with van der Waals surface area (Å²) in [5.41, 5.74) is 2.51. The molecule has 2 aromatic rings. The molecule has 1 amide bonds. The summed E-state index contributed by atoms with van der Waals surface area (Å²) >= 11 is 0. The molecule has 0 radical (unpaired) electrons. The van der Waals surface area contributed by atoms with Crippen molar-refractivity contribution in [1.82, 2.24) is 20.0 Å². The van der Waals surface area contributed by atoms with Gasteiger partial charge in [-0.2, -0.15) is 5.10 Å². The van der Waals surface area contributed by atoms with Crippen molar-refractivity contribution in [3.63, 3.8) is 0 Å². The molecule has 1 aromatic heterocycles. The summed E-state index contributed by atoms with van der Waals surface area (Å²) in [7, 11) is 0. The molecule has 2 fully saturated rings. The fraction of sp³-hybridized carbons (Fsp3) is 0.565. The van der Waals surface area contributed by atoms with Crippen LogP contribution in [0.3, 0.4) is 0 Å². The predicted octanol–water partition coefficient (Wildman–Crippen LogP) is 3.99. The summed E-state index contributed by atoms with van der Waals surface area (Å²) in [5.74, 6) is 0.831. The molecule has 0 spiro atoms. The van der Waals surface area contributed by atoms with Crippen LogP contribution in [-0.2, 0) is 0 Å². The van der Waals surface area contributed by atoms with Gasteiger partial charge in [-0.1, -0.05) is 38.5 Å². The van der Waals surface area contributed by atoms with Crippen LogP contribution in [-0.4, -0.2) is 46.3 Å². The largest absolute Gasteiger partial charge is 0.350 e. The van der Waals surface area contributed by atoms with Crippen molar-refractivity contribution in [2.45, 2.75) is 57.9 Å². The molecule has 150 valence electrons. The fourth-order valence-electron chi connectivity index (χ4n) is 4.74. The first-order valence-corrected chi connectivity index (χ1v) is 10.8. The number of nitrogens with zero attached hydrogens (tertiary/aromatic N) is 3. The van der Waals surface area contributed by atoms with Gasteiger partial charge in [-0.25, -0.2) is 4.68 Å². The Hall–Kier alpha value is -2.14. The Morgan fingerprint density at radius 2 is 1.93 bits per heavy atom. The molecule has 2 aliphatic rings. The number of piperidine rings is 2. The Kier molecular flexibility index (Phi) is 5.81. The molecule has 5 heteroatoms. The van der Waals surface area contributed by atoms with Crippen molar-refractivity contribution in [2.75, 3.05) is 19.6 Å². The number of hydrogen-bond donors (Lipinski definition) is 1. The van der Waals surface area contributed by atoms with E-state index in [2.05, 4.69) is 24.1 Å². The molecule has 1 N–H and O–H groups in total. The maximum Gasteiger partial charge on any atom is 0.270 e. The molecule has 5 nitrogen and oxygen atoms in total. The van der Waals surface area contributed by atoms with Crippen molar-refractivity contribution in [3.05, 3.63) is 47.8 Å². The van der Waals surface area contributed by atoms with Gasteiger partial charge in [0.15, 0.2) is 0 Å². The van der Waals surface area contributed by atoms with Gasteiger partial charge in [0.25, 0.3) is 5.91 Å². The van der Waals surface area contributed by atoms with E-state index in [1.165, 1.54) is 45.2 Å². The zero-order chi connectivity index (χ0) is 19.5. The summed E-state index contributed by atoms with van der Waals surface area (Å²) < 4.78 is 1.79. The number of carbonyl (C=O) groups is 1. The minimum atomic E-state index is -0.0174. The van der Waals surface area contributed by atoms with E-state index in [1.807, 2.05) is 36.4 Å². The van der Waals surface area contributed by atoms with E-state index in [9.17, 15) is 4.79 Å². The first-order chi connectivity index (χ1) is 13.6. The van der Waals surface area contributed by atoms with Crippen molar-refractivity contribution in [1.29, 1.82) is 0 Å². The van der Waals surface area contributed by atoms with Crippen LogP contribution in [0.4, 0.5) is 0 Å². The molecular formula is C23H32N4O. The standard InChI is InChI=1S/C23H32N4O/c1-17(2)20-15-22(27(25-20)19-10-4-3-5-11-19)23(28)24-16-18-9-8-14-26-13-7-6-12-21(18)26/h3-5,10-11,15,17-18,21H,6-9,12-14,16H2,1-2H3,(H,24,28)/t18-,21+/m0/s1. The van der Waals surface area contributed by atoms with Gasteiger partial charge in [0.1, 0.15) is 5.69 Å². The van der Waals surface area contributed by atoms with Crippen molar-refractivity contribution >= 4 is 5.91 Å². The number of nitrogens with one attached hydrogen (secondary N) is 1. The molecule has 0 unspecified atom stereocenters. The number of hydrogen-bond acceptors (Lipinski definition) is 3. The zero-order valence-electron chi connectivity index (χ0n) is 17.1. The van der Waals surface area contributed by atoms with E-state index >= 15 is 0 Å². The number of carbonyl (C=O) groups excluding carboxylic acids is 1. The van der Waals surface area contributed by atoms with Crippen LogP contribution in [0, 0.1) is 5.92 Å².